The third-order valence-electron chi connectivity index (χ3n) is 2.73. The highest BCUT2D eigenvalue weighted by molar-refractivity contribution is 5.88. The fourth-order valence-corrected chi connectivity index (χ4v) is 1.51. The van der Waals surface area contributed by atoms with Gasteiger partial charge in [-0.2, -0.15) is 0 Å². The number of rotatable bonds is 3. The molecule has 80 valence electrons. The molecule has 1 aliphatic carbocycles. The molecular formula is C10H13N3O2. The van der Waals surface area contributed by atoms with Gasteiger partial charge in [0.2, 0.25) is 0 Å². The number of hydrogen-bond acceptors (Lipinski definition) is 5. The van der Waals surface area contributed by atoms with Crippen LogP contribution in [0.1, 0.15) is 29.0 Å². The minimum absolute atomic E-state index is 0.0609. The molecule has 0 bridgehead atoms. The van der Waals surface area contributed by atoms with Crippen LogP contribution in [0.5, 0.6) is 0 Å². The van der Waals surface area contributed by atoms with E-state index < -0.39 is 5.97 Å². The standard InChI is InChI=1S/C10H13N3O2/c1-11-10(3-4-10)9-12-5-7(6-13-9)8(14)15-2/h5-6,11H,3-4H2,1-2H3. The molecule has 0 aliphatic heterocycles. The maximum Gasteiger partial charge on any atom is 0.341 e. The predicted octanol–water partition coefficient (Wildman–Crippen LogP) is 0.472. The molecule has 0 atom stereocenters. The van der Waals surface area contributed by atoms with Gasteiger partial charge in [0, 0.05) is 12.4 Å². The highest BCUT2D eigenvalue weighted by Gasteiger charge is 2.45. The van der Waals surface area contributed by atoms with Crippen LogP contribution in [0.25, 0.3) is 0 Å². The Morgan fingerprint density at radius 1 is 1.47 bits per heavy atom. The van der Waals surface area contributed by atoms with Gasteiger partial charge in [-0.05, 0) is 19.9 Å². The average molecular weight is 207 g/mol. The molecule has 1 aromatic rings. The Labute approximate surface area is 87.9 Å². The van der Waals surface area contributed by atoms with Crippen LogP contribution >= 0.6 is 0 Å². The summed E-state index contributed by atoms with van der Waals surface area (Å²) in [4.78, 5) is 19.5. The van der Waals surface area contributed by atoms with Crippen molar-refractivity contribution >= 4 is 5.97 Å². The van der Waals surface area contributed by atoms with Crippen molar-refractivity contribution in [3.05, 3.63) is 23.8 Å². The number of aromatic nitrogens is 2. The topological polar surface area (TPSA) is 64.1 Å². The molecule has 1 N–H and O–H groups in total. The first kappa shape index (κ1) is 10.0. The Bertz CT molecular complexity index is 371. The van der Waals surface area contributed by atoms with Crippen molar-refractivity contribution in [2.45, 2.75) is 18.4 Å². The van der Waals surface area contributed by atoms with E-state index in [-0.39, 0.29) is 5.54 Å². The van der Waals surface area contributed by atoms with Gasteiger partial charge in [-0.1, -0.05) is 0 Å². The average Bonchev–Trinajstić information content (AvgIpc) is 3.09. The quantitative estimate of drug-likeness (QED) is 0.730. The van der Waals surface area contributed by atoms with Gasteiger partial charge < -0.3 is 10.1 Å². The zero-order valence-electron chi connectivity index (χ0n) is 8.78. The van der Waals surface area contributed by atoms with E-state index in [2.05, 4.69) is 20.0 Å². The van der Waals surface area contributed by atoms with Crippen LogP contribution in [0, 0.1) is 0 Å². The van der Waals surface area contributed by atoms with Gasteiger partial charge >= 0.3 is 5.97 Å². The van der Waals surface area contributed by atoms with Gasteiger partial charge in [0.15, 0.2) is 0 Å². The fourth-order valence-electron chi connectivity index (χ4n) is 1.51. The molecule has 1 saturated carbocycles. The van der Waals surface area contributed by atoms with Crippen molar-refractivity contribution in [3.8, 4) is 0 Å². The molecule has 0 unspecified atom stereocenters. The molecule has 1 aromatic heterocycles. The minimum atomic E-state index is -0.407. The van der Waals surface area contributed by atoms with E-state index in [4.69, 9.17) is 0 Å². The first-order valence-corrected chi connectivity index (χ1v) is 4.81. The lowest BCUT2D eigenvalue weighted by Gasteiger charge is -2.11. The van der Waals surface area contributed by atoms with E-state index in [0.29, 0.717) is 5.56 Å². The minimum Gasteiger partial charge on any atom is -0.465 e. The van der Waals surface area contributed by atoms with Crippen LogP contribution in [0.15, 0.2) is 12.4 Å². The van der Waals surface area contributed by atoms with Crippen molar-refractivity contribution in [2.24, 2.45) is 0 Å². The highest BCUT2D eigenvalue weighted by atomic mass is 16.5. The second kappa shape index (κ2) is 3.58. The van der Waals surface area contributed by atoms with Crippen LogP contribution in [-0.4, -0.2) is 30.1 Å². The van der Waals surface area contributed by atoms with E-state index in [9.17, 15) is 4.79 Å². The van der Waals surface area contributed by atoms with Gasteiger partial charge in [0.1, 0.15) is 5.82 Å². The monoisotopic (exact) mass is 207 g/mol. The van der Waals surface area contributed by atoms with Gasteiger partial charge in [-0.3, -0.25) is 0 Å². The molecule has 1 aliphatic rings. The summed E-state index contributed by atoms with van der Waals surface area (Å²) >= 11 is 0. The highest BCUT2D eigenvalue weighted by Crippen LogP contribution is 2.42. The van der Waals surface area contributed by atoms with E-state index in [1.54, 1.807) is 0 Å². The van der Waals surface area contributed by atoms with E-state index in [1.807, 2.05) is 7.05 Å². The molecule has 0 spiro atoms. The Balaban J connectivity index is 2.21. The maximum absolute atomic E-state index is 11.1. The molecule has 5 heteroatoms. The summed E-state index contributed by atoms with van der Waals surface area (Å²) in [7, 11) is 3.23. The number of nitrogens with one attached hydrogen (secondary N) is 1. The molecule has 1 fully saturated rings. The van der Waals surface area contributed by atoms with Gasteiger partial charge in [-0.15, -0.1) is 0 Å². The van der Waals surface area contributed by atoms with E-state index in [0.717, 1.165) is 18.7 Å². The second-order valence-corrected chi connectivity index (χ2v) is 3.62. The first-order chi connectivity index (χ1) is 7.22. The molecular weight excluding hydrogens is 194 g/mol. The zero-order valence-corrected chi connectivity index (χ0v) is 8.78. The van der Waals surface area contributed by atoms with Crippen molar-refractivity contribution in [1.82, 2.24) is 15.3 Å². The summed E-state index contributed by atoms with van der Waals surface area (Å²) in [5.41, 5.74) is 0.322. The number of hydrogen-bond donors (Lipinski definition) is 1. The van der Waals surface area contributed by atoms with Gasteiger partial charge in [-0.25, -0.2) is 14.8 Å². The summed E-state index contributed by atoms with van der Waals surface area (Å²) < 4.78 is 4.57. The summed E-state index contributed by atoms with van der Waals surface area (Å²) in [6, 6.07) is 0. The lowest BCUT2D eigenvalue weighted by Crippen LogP contribution is -2.27. The van der Waals surface area contributed by atoms with Crippen molar-refractivity contribution in [1.29, 1.82) is 0 Å². The third-order valence-corrected chi connectivity index (χ3v) is 2.73. The first-order valence-electron chi connectivity index (χ1n) is 4.81. The molecule has 0 radical (unpaired) electrons. The Morgan fingerprint density at radius 3 is 2.47 bits per heavy atom. The number of methoxy groups -OCH3 is 1. The lowest BCUT2D eigenvalue weighted by atomic mass is 10.2. The summed E-state index contributed by atoms with van der Waals surface area (Å²) in [6.45, 7) is 0. The summed E-state index contributed by atoms with van der Waals surface area (Å²) in [5, 5.41) is 3.19. The number of carbonyl (C=O) groups is 1. The van der Waals surface area contributed by atoms with Crippen molar-refractivity contribution < 1.29 is 9.53 Å². The van der Waals surface area contributed by atoms with Crippen LogP contribution in [0.4, 0.5) is 0 Å². The largest absolute Gasteiger partial charge is 0.465 e. The fraction of sp³-hybridized carbons (Fsp3) is 0.500. The van der Waals surface area contributed by atoms with E-state index in [1.165, 1.54) is 19.5 Å². The number of nitrogens with zero attached hydrogens (tertiary/aromatic N) is 2. The Kier molecular flexibility index (Phi) is 2.40. The zero-order chi connectivity index (χ0) is 10.9. The smallest absolute Gasteiger partial charge is 0.341 e. The summed E-state index contributed by atoms with van der Waals surface area (Å²) in [6.07, 6.45) is 5.10. The molecule has 0 aromatic carbocycles. The number of esters is 1. The molecule has 1 heterocycles. The van der Waals surface area contributed by atoms with Crippen LogP contribution in [-0.2, 0) is 10.3 Å². The molecule has 2 rings (SSSR count). The molecule has 15 heavy (non-hydrogen) atoms. The van der Waals surface area contributed by atoms with Gasteiger partial charge in [0.05, 0.1) is 18.2 Å². The molecule has 0 saturated heterocycles. The van der Waals surface area contributed by atoms with Crippen molar-refractivity contribution in [3.63, 3.8) is 0 Å². The molecule has 0 amide bonds. The van der Waals surface area contributed by atoms with E-state index >= 15 is 0 Å². The second-order valence-electron chi connectivity index (χ2n) is 3.62. The Hall–Kier alpha value is -1.49. The van der Waals surface area contributed by atoms with Crippen LogP contribution in [0.2, 0.25) is 0 Å². The molecule has 5 nitrogen and oxygen atoms in total. The van der Waals surface area contributed by atoms with Crippen LogP contribution in [0.3, 0.4) is 0 Å². The lowest BCUT2D eigenvalue weighted by molar-refractivity contribution is 0.0599. The number of ether oxygens (including phenoxy) is 1. The Morgan fingerprint density at radius 2 is 2.07 bits per heavy atom. The predicted molar refractivity (Wildman–Crippen MR) is 53.3 cm³/mol. The normalized spacial score (nSPS) is 17.2. The SMILES string of the molecule is CNC1(c2ncc(C(=O)OC)cn2)CC1. The van der Waals surface area contributed by atoms with Crippen LogP contribution < -0.4 is 5.32 Å². The number of carbonyl (C=O) groups excluding carboxylic acids is 1. The maximum atomic E-state index is 11.1. The summed E-state index contributed by atoms with van der Waals surface area (Å²) in [5.74, 6) is 0.341. The van der Waals surface area contributed by atoms with Crippen molar-refractivity contribution in [2.75, 3.05) is 14.2 Å². The third kappa shape index (κ3) is 1.70. The van der Waals surface area contributed by atoms with Gasteiger partial charge in [0.25, 0.3) is 0 Å².